The van der Waals surface area contributed by atoms with Crippen molar-refractivity contribution in [3.8, 4) is 0 Å². The molecule has 0 aliphatic rings. The number of carbonyl (C=O) groups is 2. The molecule has 0 spiro atoms. The topological polar surface area (TPSA) is 77.3 Å². The predicted molar refractivity (Wildman–Crippen MR) is 75.7 cm³/mol. The fraction of sp³-hybridized carbons (Fsp3) is 0.286. The molecule has 0 heterocycles. The van der Waals surface area contributed by atoms with E-state index in [1.165, 1.54) is 13.2 Å². The van der Waals surface area contributed by atoms with Crippen LogP contribution in [0.15, 0.2) is 34.4 Å². The first-order chi connectivity index (χ1) is 9.51. The van der Waals surface area contributed by atoms with E-state index in [9.17, 15) is 9.59 Å². The van der Waals surface area contributed by atoms with Crippen LogP contribution in [-0.2, 0) is 14.4 Å². The molecule has 0 saturated heterocycles. The van der Waals surface area contributed by atoms with Gasteiger partial charge >= 0.3 is 5.97 Å². The Bertz CT molecular complexity index is 576. The highest BCUT2D eigenvalue weighted by Crippen LogP contribution is 2.20. The number of benzene rings is 1. The molecule has 0 amide bonds. The molecule has 0 atom stereocenters. The number of oxime groups is 1. The Hall–Kier alpha value is -2.50. The van der Waals surface area contributed by atoms with Crippen molar-refractivity contribution in [2.75, 3.05) is 14.2 Å². The number of methoxy groups -OCH3 is 1. The summed E-state index contributed by atoms with van der Waals surface area (Å²) >= 11 is 0. The summed E-state index contributed by atoms with van der Waals surface area (Å²) in [7, 11) is 2.60. The van der Waals surface area contributed by atoms with Gasteiger partial charge < -0.3 is 9.57 Å². The summed E-state index contributed by atoms with van der Waals surface area (Å²) in [6.07, 6.45) is 0. The van der Waals surface area contributed by atoms with Gasteiger partial charge in [-0.1, -0.05) is 17.3 Å². The standard InChI is InChI=1S/C14H16N2O4/c1-9(10(2)16-20-4)15-12-8-6-5-7-11(12)13(17)14(18)19-3/h5-8H,1-4H3. The minimum Gasteiger partial charge on any atom is -0.463 e. The summed E-state index contributed by atoms with van der Waals surface area (Å²) in [5, 5.41) is 3.76. The van der Waals surface area contributed by atoms with Crippen molar-refractivity contribution in [2.24, 2.45) is 10.1 Å². The molecular formula is C14H16N2O4. The molecule has 0 saturated carbocycles. The molecule has 0 radical (unpaired) electrons. The second-order valence-corrected chi connectivity index (χ2v) is 3.89. The van der Waals surface area contributed by atoms with Crippen LogP contribution >= 0.6 is 0 Å². The molecule has 0 bridgehead atoms. The summed E-state index contributed by atoms with van der Waals surface area (Å²) in [5.74, 6) is -1.66. The third-order valence-corrected chi connectivity index (χ3v) is 2.56. The number of hydrogen-bond acceptors (Lipinski definition) is 6. The lowest BCUT2D eigenvalue weighted by Crippen LogP contribution is -2.16. The van der Waals surface area contributed by atoms with Crippen molar-refractivity contribution >= 4 is 28.9 Å². The highest BCUT2D eigenvalue weighted by molar-refractivity contribution is 6.43. The van der Waals surface area contributed by atoms with Gasteiger partial charge in [-0.25, -0.2) is 4.79 Å². The summed E-state index contributed by atoms with van der Waals surface area (Å²) in [6, 6.07) is 6.54. The van der Waals surface area contributed by atoms with Crippen LogP contribution in [0, 0.1) is 0 Å². The van der Waals surface area contributed by atoms with Crippen LogP contribution in [0.1, 0.15) is 24.2 Å². The lowest BCUT2D eigenvalue weighted by molar-refractivity contribution is -0.135. The first kappa shape index (κ1) is 15.6. The molecule has 0 fully saturated rings. The van der Waals surface area contributed by atoms with E-state index in [1.54, 1.807) is 32.0 Å². The Morgan fingerprint density at radius 2 is 1.70 bits per heavy atom. The van der Waals surface area contributed by atoms with E-state index in [0.29, 0.717) is 17.1 Å². The van der Waals surface area contributed by atoms with E-state index >= 15 is 0 Å². The van der Waals surface area contributed by atoms with Gasteiger partial charge in [0.05, 0.1) is 29.8 Å². The molecule has 6 nitrogen and oxygen atoms in total. The van der Waals surface area contributed by atoms with E-state index in [1.807, 2.05) is 0 Å². The summed E-state index contributed by atoms with van der Waals surface area (Å²) < 4.78 is 4.43. The average Bonchev–Trinajstić information content (AvgIpc) is 2.46. The molecule has 6 heteroatoms. The first-order valence-corrected chi connectivity index (χ1v) is 5.86. The number of ether oxygens (including phenoxy) is 1. The average molecular weight is 276 g/mol. The van der Waals surface area contributed by atoms with Gasteiger partial charge in [0.15, 0.2) is 0 Å². The second kappa shape index (κ2) is 7.18. The molecule has 1 rings (SSSR count). The number of ketones is 1. The largest absolute Gasteiger partial charge is 0.463 e. The van der Waals surface area contributed by atoms with Gasteiger partial charge in [0, 0.05) is 0 Å². The Morgan fingerprint density at radius 3 is 2.30 bits per heavy atom. The number of Topliss-reactive ketones (excluding diaryl/α,β-unsaturated/α-hetero) is 1. The molecule has 1 aromatic carbocycles. The fourth-order valence-electron chi connectivity index (χ4n) is 1.43. The minimum absolute atomic E-state index is 0.184. The van der Waals surface area contributed by atoms with Crippen molar-refractivity contribution in [1.29, 1.82) is 0 Å². The maximum Gasteiger partial charge on any atom is 0.379 e. The van der Waals surface area contributed by atoms with E-state index < -0.39 is 11.8 Å². The van der Waals surface area contributed by atoms with Gasteiger partial charge in [0.2, 0.25) is 0 Å². The third-order valence-electron chi connectivity index (χ3n) is 2.56. The molecule has 106 valence electrons. The van der Waals surface area contributed by atoms with Crippen LogP contribution in [0.4, 0.5) is 5.69 Å². The summed E-state index contributed by atoms with van der Waals surface area (Å²) in [4.78, 5) is 32.2. The lowest BCUT2D eigenvalue weighted by Gasteiger charge is -2.05. The van der Waals surface area contributed by atoms with E-state index in [4.69, 9.17) is 0 Å². The molecule has 20 heavy (non-hydrogen) atoms. The molecule has 1 aromatic rings. The Morgan fingerprint density at radius 1 is 1.05 bits per heavy atom. The number of esters is 1. The second-order valence-electron chi connectivity index (χ2n) is 3.89. The number of rotatable bonds is 5. The van der Waals surface area contributed by atoms with Crippen LogP contribution in [0.2, 0.25) is 0 Å². The van der Waals surface area contributed by atoms with Crippen molar-refractivity contribution in [3.63, 3.8) is 0 Å². The van der Waals surface area contributed by atoms with Crippen molar-refractivity contribution in [1.82, 2.24) is 0 Å². The van der Waals surface area contributed by atoms with E-state index in [-0.39, 0.29) is 5.56 Å². The third kappa shape index (κ3) is 3.74. The molecule has 0 N–H and O–H groups in total. The summed E-state index contributed by atoms with van der Waals surface area (Å²) in [6.45, 7) is 3.46. The molecule has 0 aliphatic heterocycles. The first-order valence-electron chi connectivity index (χ1n) is 5.86. The number of nitrogens with zero attached hydrogens (tertiary/aromatic N) is 2. The van der Waals surface area contributed by atoms with Gasteiger partial charge in [0.25, 0.3) is 5.78 Å². The molecular weight excluding hydrogens is 260 g/mol. The normalized spacial score (nSPS) is 12.0. The Labute approximate surface area is 117 Å². The van der Waals surface area contributed by atoms with Gasteiger partial charge in [-0.2, -0.15) is 0 Å². The molecule has 0 unspecified atom stereocenters. The van der Waals surface area contributed by atoms with Crippen LogP contribution in [0.25, 0.3) is 0 Å². The SMILES string of the molecule is CON=C(C)C(C)=Nc1ccccc1C(=O)C(=O)OC. The number of para-hydroxylation sites is 1. The van der Waals surface area contributed by atoms with Gasteiger partial charge in [-0.05, 0) is 26.0 Å². The fourth-order valence-corrected chi connectivity index (χ4v) is 1.43. The zero-order valence-electron chi connectivity index (χ0n) is 11.8. The lowest BCUT2D eigenvalue weighted by atomic mass is 10.1. The highest BCUT2D eigenvalue weighted by atomic mass is 16.6. The maximum atomic E-state index is 11.9. The minimum atomic E-state index is -0.924. The summed E-state index contributed by atoms with van der Waals surface area (Å²) in [5.41, 5.74) is 1.72. The number of aliphatic imine (C=N–C) groups is 1. The van der Waals surface area contributed by atoms with E-state index in [2.05, 4.69) is 19.7 Å². The zero-order valence-corrected chi connectivity index (χ0v) is 11.8. The van der Waals surface area contributed by atoms with E-state index in [0.717, 1.165) is 7.11 Å². The highest BCUT2D eigenvalue weighted by Gasteiger charge is 2.19. The monoisotopic (exact) mass is 276 g/mol. The zero-order chi connectivity index (χ0) is 15.1. The predicted octanol–water partition coefficient (Wildman–Crippen LogP) is 2.16. The Kier molecular flexibility index (Phi) is 5.58. The van der Waals surface area contributed by atoms with Crippen LogP contribution in [0.5, 0.6) is 0 Å². The van der Waals surface area contributed by atoms with Crippen LogP contribution in [-0.4, -0.2) is 37.4 Å². The molecule has 0 aromatic heterocycles. The number of hydrogen-bond donors (Lipinski definition) is 0. The quantitative estimate of drug-likeness (QED) is 0.271. The molecule has 0 aliphatic carbocycles. The van der Waals surface area contributed by atoms with Gasteiger partial charge in [-0.3, -0.25) is 9.79 Å². The maximum absolute atomic E-state index is 11.9. The van der Waals surface area contributed by atoms with Crippen LogP contribution < -0.4 is 0 Å². The van der Waals surface area contributed by atoms with Crippen molar-refractivity contribution in [3.05, 3.63) is 29.8 Å². The van der Waals surface area contributed by atoms with Crippen molar-refractivity contribution < 1.29 is 19.2 Å². The number of carbonyl (C=O) groups excluding carboxylic acids is 2. The van der Waals surface area contributed by atoms with Crippen LogP contribution in [0.3, 0.4) is 0 Å². The smallest absolute Gasteiger partial charge is 0.379 e. The van der Waals surface area contributed by atoms with Crippen molar-refractivity contribution in [2.45, 2.75) is 13.8 Å². The van der Waals surface area contributed by atoms with Gasteiger partial charge in [-0.15, -0.1) is 0 Å². The van der Waals surface area contributed by atoms with Gasteiger partial charge in [0.1, 0.15) is 7.11 Å². The Balaban J connectivity index is 3.21.